The summed E-state index contributed by atoms with van der Waals surface area (Å²) in [5, 5.41) is 13.7. The number of hydrogen-bond donors (Lipinski definition) is 2. The Morgan fingerprint density at radius 1 is 1.40 bits per heavy atom. The van der Waals surface area contributed by atoms with Crippen molar-refractivity contribution in [3.63, 3.8) is 0 Å². The molecule has 0 aliphatic carbocycles. The number of nitrogens with one attached hydrogen (secondary N) is 1. The van der Waals surface area contributed by atoms with Crippen LogP contribution in [-0.4, -0.2) is 36.2 Å². The second-order valence-corrected chi connectivity index (χ2v) is 5.50. The third-order valence-corrected chi connectivity index (χ3v) is 4.09. The second kappa shape index (κ2) is 6.54. The molecule has 0 fully saturated rings. The zero-order valence-corrected chi connectivity index (χ0v) is 12.4. The topological polar surface area (TPSA) is 52.6 Å². The zero-order valence-electron chi connectivity index (χ0n) is 11.6. The van der Waals surface area contributed by atoms with Crippen molar-refractivity contribution in [1.29, 1.82) is 0 Å². The molecule has 0 bridgehead atoms. The van der Waals surface area contributed by atoms with Crippen LogP contribution in [0.4, 0.5) is 10.5 Å². The van der Waals surface area contributed by atoms with E-state index in [4.69, 9.17) is 5.11 Å². The number of urea groups is 1. The number of anilines is 1. The van der Waals surface area contributed by atoms with Gasteiger partial charge < -0.3 is 15.3 Å². The lowest BCUT2D eigenvalue weighted by Crippen LogP contribution is -2.33. The monoisotopic (exact) mass is 290 g/mol. The zero-order chi connectivity index (χ0) is 14.5. The molecular formula is C15H18N2O2S. The number of aliphatic hydroxyl groups excluding tert-OH is 1. The van der Waals surface area contributed by atoms with Crippen LogP contribution in [0.5, 0.6) is 0 Å². The smallest absolute Gasteiger partial charge is 0.321 e. The number of benzene rings is 1. The number of nitrogens with zero attached hydrogens (tertiary/aromatic N) is 1. The molecule has 1 aromatic heterocycles. The molecule has 0 atom stereocenters. The van der Waals surface area contributed by atoms with E-state index in [2.05, 4.69) is 23.7 Å². The minimum atomic E-state index is -0.223. The molecule has 2 N–H and O–H groups in total. The van der Waals surface area contributed by atoms with Crippen LogP contribution in [0, 0.1) is 6.92 Å². The van der Waals surface area contributed by atoms with Gasteiger partial charge in [0.1, 0.15) is 0 Å². The van der Waals surface area contributed by atoms with Crippen molar-refractivity contribution in [2.24, 2.45) is 0 Å². The summed E-state index contributed by atoms with van der Waals surface area (Å²) in [6.07, 6.45) is 0. The second-order valence-electron chi connectivity index (χ2n) is 4.59. The molecule has 1 heterocycles. The first-order chi connectivity index (χ1) is 9.61. The summed E-state index contributed by atoms with van der Waals surface area (Å²) in [6.45, 7) is 2.35. The maximum absolute atomic E-state index is 11.9. The lowest BCUT2D eigenvalue weighted by molar-refractivity contribution is 0.202. The van der Waals surface area contributed by atoms with Gasteiger partial charge in [-0.3, -0.25) is 0 Å². The first-order valence-electron chi connectivity index (χ1n) is 6.39. The fourth-order valence-corrected chi connectivity index (χ4v) is 2.80. The molecule has 0 radical (unpaired) electrons. The molecule has 0 unspecified atom stereocenters. The molecule has 5 heteroatoms. The molecule has 0 saturated heterocycles. The van der Waals surface area contributed by atoms with Gasteiger partial charge in [0.05, 0.1) is 6.61 Å². The van der Waals surface area contributed by atoms with Crippen molar-refractivity contribution in [3.8, 4) is 10.4 Å². The van der Waals surface area contributed by atoms with Gasteiger partial charge in [-0.05, 0) is 41.6 Å². The summed E-state index contributed by atoms with van der Waals surface area (Å²) in [4.78, 5) is 14.5. The van der Waals surface area contributed by atoms with Crippen LogP contribution in [0.2, 0.25) is 0 Å². The van der Waals surface area contributed by atoms with Gasteiger partial charge in [-0.15, -0.1) is 11.3 Å². The Balaban J connectivity index is 2.15. The van der Waals surface area contributed by atoms with Gasteiger partial charge in [0.2, 0.25) is 0 Å². The van der Waals surface area contributed by atoms with Crippen molar-refractivity contribution in [2.75, 3.05) is 25.5 Å². The van der Waals surface area contributed by atoms with Gasteiger partial charge in [-0.25, -0.2) is 4.79 Å². The molecule has 2 aromatic rings. The highest BCUT2D eigenvalue weighted by molar-refractivity contribution is 7.13. The molecule has 4 nitrogen and oxygen atoms in total. The average Bonchev–Trinajstić information content (AvgIpc) is 2.85. The van der Waals surface area contributed by atoms with Crippen LogP contribution in [-0.2, 0) is 0 Å². The number of carbonyl (C=O) groups excluding carboxylic acids is 1. The number of rotatable bonds is 4. The molecule has 0 saturated carbocycles. The normalized spacial score (nSPS) is 10.3. The molecule has 106 valence electrons. The fourth-order valence-electron chi connectivity index (χ4n) is 1.88. The summed E-state index contributed by atoms with van der Waals surface area (Å²) in [5.41, 5.74) is 3.08. The Labute approximate surface area is 122 Å². The quantitative estimate of drug-likeness (QED) is 0.908. The van der Waals surface area contributed by atoms with Crippen LogP contribution in [0.15, 0.2) is 35.7 Å². The van der Waals surface area contributed by atoms with Crippen molar-refractivity contribution >= 4 is 23.1 Å². The van der Waals surface area contributed by atoms with E-state index in [1.54, 1.807) is 18.4 Å². The molecule has 2 amide bonds. The number of aryl methyl sites for hydroxylation is 1. The summed E-state index contributed by atoms with van der Waals surface area (Å²) < 4.78 is 0. The summed E-state index contributed by atoms with van der Waals surface area (Å²) in [7, 11) is 1.65. The van der Waals surface area contributed by atoms with Crippen molar-refractivity contribution in [1.82, 2.24) is 4.90 Å². The van der Waals surface area contributed by atoms with Crippen molar-refractivity contribution in [3.05, 3.63) is 41.3 Å². The first-order valence-corrected chi connectivity index (χ1v) is 7.27. The third-order valence-electron chi connectivity index (χ3n) is 3.02. The van der Waals surface area contributed by atoms with E-state index in [0.717, 1.165) is 11.3 Å². The summed E-state index contributed by atoms with van der Waals surface area (Å²) >= 11 is 1.69. The third kappa shape index (κ3) is 3.37. The highest BCUT2D eigenvalue weighted by atomic mass is 32.1. The highest BCUT2D eigenvalue weighted by Gasteiger charge is 2.09. The number of aliphatic hydroxyl groups is 1. The van der Waals surface area contributed by atoms with Crippen molar-refractivity contribution < 1.29 is 9.90 Å². The summed E-state index contributed by atoms with van der Waals surface area (Å²) in [6, 6.07) is 9.64. The SMILES string of the molecule is Cc1ccsc1-c1cccc(NC(=O)N(C)CCO)c1. The number of likely N-dealkylation sites (N-methyl/N-ethyl adjacent to an activating group) is 1. The predicted octanol–water partition coefficient (Wildman–Crippen LogP) is 3.18. The molecule has 0 spiro atoms. The van der Waals surface area contributed by atoms with Crippen LogP contribution in [0.25, 0.3) is 10.4 Å². The van der Waals surface area contributed by atoms with E-state index in [9.17, 15) is 4.79 Å². The minimum Gasteiger partial charge on any atom is -0.395 e. The van der Waals surface area contributed by atoms with Gasteiger partial charge in [0, 0.05) is 24.2 Å². The predicted molar refractivity (Wildman–Crippen MR) is 83.2 cm³/mol. The Bertz CT molecular complexity index is 595. The molecule has 1 aromatic carbocycles. The Hall–Kier alpha value is -1.85. The largest absolute Gasteiger partial charge is 0.395 e. The van der Waals surface area contributed by atoms with Crippen molar-refractivity contribution in [2.45, 2.75) is 6.92 Å². The minimum absolute atomic E-state index is 0.0433. The van der Waals surface area contributed by atoms with E-state index in [0.29, 0.717) is 6.54 Å². The average molecular weight is 290 g/mol. The standard InChI is InChI=1S/C15H18N2O2S/c1-11-6-9-20-14(11)12-4-3-5-13(10-12)16-15(19)17(2)7-8-18/h3-6,9-10,18H,7-8H2,1-2H3,(H,16,19). The van der Waals surface area contributed by atoms with E-state index in [1.165, 1.54) is 15.3 Å². The van der Waals surface area contributed by atoms with Gasteiger partial charge in [-0.1, -0.05) is 12.1 Å². The van der Waals surface area contributed by atoms with E-state index in [1.807, 2.05) is 24.3 Å². The van der Waals surface area contributed by atoms with E-state index in [-0.39, 0.29) is 12.6 Å². The Morgan fingerprint density at radius 3 is 2.85 bits per heavy atom. The van der Waals surface area contributed by atoms with Gasteiger partial charge in [0.25, 0.3) is 0 Å². The van der Waals surface area contributed by atoms with Crippen LogP contribution >= 0.6 is 11.3 Å². The van der Waals surface area contributed by atoms with Crippen LogP contribution < -0.4 is 5.32 Å². The van der Waals surface area contributed by atoms with Gasteiger partial charge in [-0.2, -0.15) is 0 Å². The Morgan fingerprint density at radius 2 is 2.20 bits per heavy atom. The maximum Gasteiger partial charge on any atom is 0.321 e. The highest BCUT2D eigenvalue weighted by Crippen LogP contribution is 2.30. The number of carbonyl (C=O) groups is 1. The first kappa shape index (κ1) is 14.6. The lowest BCUT2D eigenvalue weighted by atomic mass is 10.1. The Kier molecular flexibility index (Phi) is 4.76. The van der Waals surface area contributed by atoms with Gasteiger partial charge >= 0.3 is 6.03 Å². The fraction of sp³-hybridized carbons (Fsp3) is 0.267. The van der Waals surface area contributed by atoms with Crippen LogP contribution in [0.1, 0.15) is 5.56 Å². The maximum atomic E-state index is 11.9. The molecule has 0 aliphatic rings. The van der Waals surface area contributed by atoms with E-state index >= 15 is 0 Å². The molecule has 0 aliphatic heterocycles. The molecular weight excluding hydrogens is 272 g/mol. The lowest BCUT2D eigenvalue weighted by Gasteiger charge is -2.16. The number of thiophene rings is 1. The van der Waals surface area contributed by atoms with Crippen LogP contribution in [0.3, 0.4) is 0 Å². The van der Waals surface area contributed by atoms with Gasteiger partial charge in [0.15, 0.2) is 0 Å². The number of hydrogen-bond acceptors (Lipinski definition) is 3. The van der Waals surface area contributed by atoms with E-state index < -0.39 is 0 Å². The number of amides is 2. The summed E-state index contributed by atoms with van der Waals surface area (Å²) in [5.74, 6) is 0. The molecule has 20 heavy (non-hydrogen) atoms. The molecule has 2 rings (SSSR count).